The number of likely N-dealkylation sites (N-methyl/N-ethyl adjacent to an activating group) is 1. The largest absolute Gasteiger partial charge is 0.396 e. The first-order valence-electron chi connectivity index (χ1n) is 6.23. The minimum atomic E-state index is 0.0850. The SMILES string of the molecule is CCCN(CCN(C)C)C(=O)Cn1cc(N)cn1. The van der Waals surface area contributed by atoms with Gasteiger partial charge in [-0.15, -0.1) is 0 Å². The number of nitrogens with zero attached hydrogens (tertiary/aromatic N) is 4. The number of nitrogens with two attached hydrogens (primary N) is 1. The van der Waals surface area contributed by atoms with Crippen molar-refractivity contribution in [2.24, 2.45) is 0 Å². The van der Waals surface area contributed by atoms with E-state index >= 15 is 0 Å². The second-order valence-corrected chi connectivity index (χ2v) is 4.66. The van der Waals surface area contributed by atoms with Crippen LogP contribution in [0.5, 0.6) is 0 Å². The number of carbonyl (C=O) groups is 1. The van der Waals surface area contributed by atoms with Gasteiger partial charge in [0.1, 0.15) is 6.54 Å². The molecule has 2 N–H and O–H groups in total. The molecule has 1 aromatic heterocycles. The van der Waals surface area contributed by atoms with Gasteiger partial charge in [-0.25, -0.2) is 0 Å². The Morgan fingerprint density at radius 1 is 1.39 bits per heavy atom. The fourth-order valence-electron chi connectivity index (χ4n) is 1.66. The summed E-state index contributed by atoms with van der Waals surface area (Å²) < 4.78 is 1.58. The third-order valence-electron chi connectivity index (χ3n) is 2.61. The first kappa shape index (κ1) is 14.5. The molecule has 0 aromatic carbocycles. The Bertz CT molecular complexity index is 374. The second kappa shape index (κ2) is 7.00. The Morgan fingerprint density at radius 3 is 2.61 bits per heavy atom. The summed E-state index contributed by atoms with van der Waals surface area (Å²) in [6, 6.07) is 0. The van der Waals surface area contributed by atoms with E-state index in [4.69, 9.17) is 5.73 Å². The molecule has 1 heterocycles. The maximum absolute atomic E-state index is 12.1. The zero-order valence-corrected chi connectivity index (χ0v) is 11.5. The molecule has 1 rings (SSSR count). The van der Waals surface area contributed by atoms with Crippen molar-refractivity contribution in [2.75, 3.05) is 39.5 Å². The van der Waals surface area contributed by atoms with Crippen molar-refractivity contribution in [3.63, 3.8) is 0 Å². The van der Waals surface area contributed by atoms with Crippen LogP contribution in [0.1, 0.15) is 13.3 Å². The topological polar surface area (TPSA) is 67.4 Å². The third-order valence-corrected chi connectivity index (χ3v) is 2.61. The molecule has 0 fully saturated rings. The monoisotopic (exact) mass is 253 g/mol. The number of nitrogen functional groups attached to an aromatic ring is 1. The highest BCUT2D eigenvalue weighted by atomic mass is 16.2. The highest BCUT2D eigenvalue weighted by Gasteiger charge is 2.13. The van der Waals surface area contributed by atoms with Crippen molar-refractivity contribution in [3.05, 3.63) is 12.4 Å². The lowest BCUT2D eigenvalue weighted by Crippen LogP contribution is -2.39. The summed E-state index contributed by atoms with van der Waals surface area (Å²) in [5.74, 6) is 0.0850. The van der Waals surface area contributed by atoms with E-state index in [0.29, 0.717) is 5.69 Å². The van der Waals surface area contributed by atoms with Crippen LogP contribution in [0.3, 0.4) is 0 Å². The summed E-state index contributed by atoms with van der Waals surface area (Å²) in [7, 11) is 4.01. The minimum absolute atomic E-state index is 0.0850. The lowest BCUT2D eigenvalue weighted by atomic mass is 10.3. The average molecular weight is 253 g/mol. The van der Waals surface area contributed by atoms with E-state index in [9.17, 15) is 4.79 Å². The van der Waals surface area contributed by atoms with Gasteiger partial charge in [0.2, 0.25) is 5.91 Å². The molecule has 0 aliphatic carbocycles. The Morgan fingerprint density at radius 2 is 2.11 bits per heavy atom. The molecule has 0 unspecified atom stereocenters. The van der Waals surface area contributed by atoms with Gasteiger partial charge in [-0.05, 0) is 20.5 Å². The number of hydrogen-bond donors (Lipinski definition) is 1. The number of anilines is 1. The molecule has 1 aromatic rings. The molecule has 0 atom stereocenters. The summed E-state index contributed by atoms with van der Waals surface area (Å²) in [5.41, 5.74) is 6.15. The molecule has 0 saturated carbocycles. The van der Waals surface area contributed by atoms with E-state index in [-0.39, 0.29) is 12.5 Å². The molecular weight excluding hydrogens is 230 g/mol. The van der Waals surface area contributed by atoms with Crippen LogP contribution >= 0.6 is 0 Å². The summed E-state index contributed by atoms with van der Waals surface area (Å²) in [4.78, 5) is 16.1. The first-order chi connectivity index (χ1) is 8.52. The zero-order valence-electron chi connectivity index (χ0n) is 11.5. The summed E-state index contributed by atoms with van der Waals surface area (Å²) in [6.07, 6.45) is 4.19. The number of rotatable bonds is 7. The van der Waals surface area contributed by atoms with Crippen LogP contribution in [-0.4, -0.2) is 59.2 Å². The van der Waals surface area contributed by atoms with E-state index < -0.39 is 0 Å². The van der Waals surface area contributed by atoms with Gasteiger partial charge in [0, 0.05) is 25.8 Å². The molecule has 0 spiro atoms. The molecule has 0 aliphatic heterocycles. The Labute approximate surface area is 108 Å². The van der Waals surface area contributed by atoms with Crippen molar-refractivity contribution in [1.82, 2.24) is 19.6 Å². The van der Waals surface area contributed by atoms with Crippen LogP contribution in [0, 0.1) is 0 Å². The summed E-state index contributed by atoms with van der Waals surface area (Å²) >= 11 is 0. The van der Waals surface area contributed by atoms with E-state index in [2.05, 4.69) is 16.9 Å². The van der Waals surface area contributed by atoms with Crippen LogP contribution in [0.4, 0.5) is 5.69 Å². The second-order valence-electron chi connectivity index (χ2n) is 4.66. The number of carbonyl (C=O) groups excluding carboxylic acids is 1. The van der Waals surface area contributed by atoms with Crippen LogP contribution in [-0.2, 0) is 11.3 Å². The van der Waals surface area contributed by atoms with Crippen LogP contribution < -0.4 is 5.73 Å². The molecule has 0 saturated heterocycles. The Balaban J connectivity index is 2.53. The summed E-state index contributed by atoms with van der Waals surface area (Å²) in [6.45, 7) is 4.72. The molecule has 102 valence electrons. The van der Waals surface area contributed by atoms with Gasteiger partial charge in [0.25, 0.3) is 0 Å². The lowest BCUT2D eigenvalue weighted by Gasteiger charge is -2.23. The van der Waals surface area contributed by atoms with Gasteiger partial charge in [-0.2, -0.15) is 5.10 Å². The van der Waals surface area contributed by atoms with Gasteiger partial charge in [0.15, 0.2) is 0 Å². The van der Waals surface area contributed by atoms with Crippen molar-refractivity contribution in [1.29, 1.82) is 0 Å². The normalized spacial score (nSPS) is 10.9. The molecule has 1 amide bonds. The third kappa shape index (κ3) is 4.75. The van der Waals surface area contributed by atoms with E-state index in [1.807, 2.05) is 19.0 Å². The van der Waals surface area contributed by atoms with Crippen LogP contribution in [0.15, 0.2) is 12.4 Å². The number of hydrogen-bond acceptors (Lipinski definition) is 4. The van der Waals surface area contributed by atoms with Gasteiger partial charge in [0.05, 0.1) is 11.9 Å². The molecule has 0 aliphatic rings. The first-order valence-corrected chi connectivity index (χ1v) is 6.23. The maximum Gasteiger partial charge on any atom is 0.244 e. The predicted molar refractivity (Wildman–Crippen MR) is 72.1 cm³/mol. The van der Waals surface area contributed by atoms with Crippen molar-refractivity contribution in [2.45, 2.75) is 19.9 Å². The number of aromatic nitrogens is 2. The van der Waals surface area contributed by atoms with Crippen LogP contribution in [0.2, 0.25) is 0 Å². The van der Waals surface area contributed by atoms with Crippen molar-refractivity contribution < 1.29 is 4.79 Å². The highest BCUT2D eigenvalue weighted by molar-refractivity contribution is 5.76. The molecule has 6 nitrogen and oxygen atoms in total. The van der Waals surface area contributed by atoms with Gasteiger partial charge in [-0.3, -0.25) is 9.48 Å². The Hall–Kier alpha value is -1.56. The molecular formula is C12H23N5O. The fraction of sp³-hybridized carbons (Fsp3) is 0.667. The van der Waals surface area contributed by atoms with Gasteiger partial charge in [-0.1, -0.05) is 6.92 Å². The number of amides is 1. The fourth-order valence-corrected chi connectivity index (χ4v) is 1.66. The lowest BCUT2D eigenvalue weighted by molar-refractivity contribution is -0.132. The minimum Gasteiger partial charge on any atom is -0.396 e. The van der Waals surface area contributed by atoms with Gasteiger partial charge >= 0.3 is 0 Å². The van der Waals surface area contributed by atoms with E-state index in [1.54, 1.807) is 17.1 Å². The average Bonchev–Trinajstić information content (AvgIpc) is 2.69. The standard InChI is InChI=1S/C12H23N5O/c1-4-5-16(7-6-15(2)3)12(18)10-17-9-11(13)8-14-17/h8-9H,4-7,10,13H2,1-3H3. The molecule has 0 bridgehead atoms. The van der Waals surface area contributed by atoms with Gasteiger partial charge < -0.3 is 15.5 Å². The molecule has 6 heteroatoms. The smallest absolute Gasteiger partial charge is 0.244 e. The van der Waals surface area contributed by atoms with E-state index in [0.717, 1.165) is 26.1 Å². The van der Waals surface area contributed by atoms with E-state index in [1.165, 1.54) is 0 Å². The molecule has 18 heavy (non-hydrogen) atoms. The quantitative estimate of drug-likeness (QED) is 0.757. The predicted octanol–water partition coefficient (Wildman–Crippen LogP) is 0.266. The zero-order chi connectivity index (χ0) is 13.5. The maximum atomic E-state index is 12.1. The van der Waals surface area contributed by atoms with Crippen molar-refractivity contribution >= 4 is 11.6 Å². The van der Waals surface area contributed by atoms with Crippen LogP contribution in [0.25, 0.3) is 0 Å². The summed E-state index contributed by atoms with van der Waals surface area (Å²) in [5, 5.41) is 4.03. The Kier molecular flexibility index (Phi) is 5.64. The highest BCUT2D eigenvalue weighted by Crippen LogP contribution is 2.00. The van der Waals surface area contributed by atoms with Crippen molar-refractivity contribution in [3.8, 4) is 0 Å². The molecule has 0 radical (unpaired) electrons.